The van der Waals surface area contributed by atoms with Crippen molar-refractivity contribution in [1.29, 1.82) is 0 Å². The summed E-state index contributed by atoms with van der Waals surface area (Å²) in [6.07, 6.45) is 1.41. The molecule has 9 nitrogen and oxygen atoms in total. The molecule has 0 spiro atoms. The van der Waals surface area contributed by atoms with Crippen LogP contribution in [0.4, 0.5) is 5.69 Å². The minimum absolute atomic E-state index is 0.303. The smallest absolute Gasteiger partial charge is 0.350 e. The zero-order valence-corrected chi connectivity index (χ0v) is 18.4. The Hall–Kier alpha value is -4.11. The molecule has 2 heterocycles. The Balaban J connectivity index is 1.46. The van der Waals surface area contributed by atoms with Crippen LogP contribution in [0.5, 0.6) is 5.75 Å². The number of carbonyl (C=O) groups excluding carboxylic acids is 2. The molecule has 0 bridgehead atoms. The number of pyridine rings is 1. The highest BCUT2D eigenvalue weighted by Crippen LogP contribution is 2.27. The monoisotopic (exact) mass is 465 g/mol. The van der Waals surface area contributed by atoms with E-state index in [1.807, 2.05) is 30.3 Å². The van der Waals surface area contributed by atoms with Gasteiger partial charge in [0, 0.05) is 18.4 Å². The first-order chi connectivity index (χ1) is 15.9. The van der Waals surface area contributed by atoms with Gasteiger partial charge >= 0.3 is 5.69 Å². The summed E-state index contributed by atoms with van der Waals surface area (Å²) in [5.74, 6) is -0.299. The van der Waals surface area contributed by atoms with Crippen LogP contribution in [0.25, 0.3) is 5.65 Å². The third-order valence-electron chi connectivity index (χ3n) is 4.86. The molecule has 4 aromatic rings. The molecule has 0 aliphatic heterocycles. The number of nitrogens with one attached hydrogen (secondary N) is 2. The molecule has 0 unspecified atom stereocenters. The molecule has 33 heavy (non-hydrogen) atoms. The van der Waals surface area contributed by atoms with E-state index in [2.05, 4.69) is 15.7 Å². The van der Waals surface area contributed by atoms with Crippen molar-refractivity contribution in [3.63, 3.8) is 0 Å². The fourth-order valence-corrected chi connectivity index (χ4v) is 3.47. The molecule has 0 aliphatic rings. The number of halogens is 1. The summed E-state index contributed by atoms with van der Waals surface area (Å²) in [7, 11) is 1.49. The van der Waals surface area contributed by atoms with Crippen molar-refractivity contribution < 1.29 is 14.3 Å². The number of amides is 2. The molecule has 2 amide bonds. The highest BCUT2D eigenvalue weighted by atomic mass is 35.5. The minimum atomic E-state index is -0.536. The lowest BCUT2D eigenvalue weighted by Gasteiger charge is -2.07. The lowest BCUT2D eigenvalue weighted by molar-refractivity contribution is -0.117. The molecule has 0 saturated carbocycles. The Morgan fingerprint density at radius 1 is 1.09 bits per heavy atom. The van der Waals surface area contributed by atoms with Gasteiger partial charge in [0.1, 0.15) is 12.3 Å². The van der Waals surface area contributed by atoms with E-state index in [9.17, 15) is 14.4 Å². The molecular formula is C23H20ClN5O4. The predicted molar refractivity (Wildman–Crippen MR) is 124 cm³/mol. The second-order valence-corrected chi connectivity index (χ2v) is 7.56. The number of methoxy groups -OCH3 is 1. The number of ether oxygens (including phenoxy) is 1. The van der Waals surface area contributed by atoms with Crippen molar-refractivity contribution in [3.05, 3.63) is 93.5 Å². The van der Waals surface area contributed by atoms with E-state index < -0.39 is 11.6 Å². The van der Waals surface area contributed by atoms with Gasteiger partial charge in [-0.1, -0.05) is 41.9 Å². The van der Waals surface area contributed by atoms with Crippen LogP contribution in [0.3, 0.4) is 0 Å². The van der Waals surface area contributed by atoms with Crippen LogP contribution in [0.1, 0.15) is 15.9 Å². The van der Waals surface area contributed by atoms with Gasteiger partial charge in [-0.3, -0.25) is 9.59 Å². The summed E-state index contributed by atoms with van der Waals surface area (Å²) in [5, 5.41) is 9.98. The minimum Gasteiger partial charge on any atom is -0.495 e. The van der Waals surface area contributed by atoms with Gasteiger partial charge in [-0.2, -0.15) is 0 Å². The fraction of sp³-hybridized carbons (Fsp3) is 0.130. The van der Waals surface area contributed by atoms with Gasteiger partial charge in [-0.25, -0.2) is 13.9 Å². The van der Waals surface area contributed by atoms with Gasteiger partial charge < -0.3 is 15.4 Å². The van der Waals surface area contributed by atoms with E-state index in [-0.39, 0.29) is 12.5 Å². The maximum absolute atomic E-state index is 12.7. The van der Waals surface area contributed by atoms with E-state index in [4.69, 9.17) is 16.3 Å². The molecule has 2 N–H and O–H groups in total. The third kappa shape index (κ3) is 5.04. The Morgan fingerprint density at radius 2 is 1.88 bits per heavy atom. The zero-order chi connectivity index (χ0) is 23.4. The summed E-state index contributed by atoms with van der Waals surface area (Å²) in [6.45, 7) is 0.0567. The van der Waals surface area contributed by atoms with Crippen molar-refractivity contribution in [1.82, 2.24) is 19.5 Å². The maximum Gasteiger partial charge on any atom is 0.350 e. The molecule has 10 heteroatoms. The van der Waals surface area contributed by atoms with Crippen molar-refractivity contribution in [2.75, 3.05) is 12.4 Å². The van der Waals surface area contributed by atoms with E-state index in [1.54, 1.807) is 30.3 Å². The number of nitrogens with zero attached hydrogens (tertiary/aromatic N) is 3. The summed E-state index contributed by atoms with van der Waals surface area (Å²) in [5.41, 5.74) is 1.50. The second kappa shape index (κ2) is 9.58. The fourth-order valence-electron chi connectivity index (χ4n) is 3.22. The van der Waals surface area contributed by atoms with Gasteiger partial charge in [0.2, 0.25) is 5.91 Å². The average Bonchev–Trinajstić information content (AvgIpc) is 3.12. The maximum atomic E-state index is 12.7. The molecule has 0 radical (unpaired) electrons. The standard InChI is InChI=1S/C23H20ClN5O4/c1-33-19-9-8-17(11-18(19)24)26-21(30)14-29-23(32)28-13-16(7-10-20(28)27-29)22(31)25-12-15-5-3-2-4-6-15/h2-11,13H,12,14H2,1H3,(H,25,31)(H,26,30). The Bertz CT molecular complexity index is 1380. The Morgan fingerprint density at radius 3 is 2.61 bits per heavy atom. The molecular weight excluding hydrogens is 446 g/mol. The lowest BCUT2D eigenvalue weighted by Crippen LogP contribution is -2.28. The third-order valence-corrected chi connectivity index (χ3v) is 5.16. The number of rotatable bonds is 7. The topological polar surface area (TPSA) is 107 Å². The van der Waals surface area contributed by atoms with E-state index in [0.29, 0.717) is 34.2 Å². The van der Waals surface area contributed by atoms with E-state index >= 15 is 0 Å². The normalized spacial score (nSPS) is 10.7. The van der Waals surface area contributed by atoms with Crippen LogP contribution in [0.2, 0.25) is 5.02 Å². The quantitative estimate of drug-likeness (QED) is 0.436. The number of hydrogen-bond donors (Lipinski definition) is 2. The number of carbonyl (C=O) groups is 2. The van der Waals surface area contributed by atoms with E-state index in [0.717, 1.165) is 10.2 Å². The predicted octanol–water partition coefficient (Wildman–Crippen LogP) is 2.73. The van der Waals surface area contributed by atoms with Gasteiger partial charge in [0.25, 0.3) is 5.91 Å². The first kappa shape index (κ1) is 22.1. The summed E-state index contributed by atoms with van der Waals surface area (Å²) < 4.78 is 7.34. The van der Waals surface area contributed by atoms with Crippen LogP contribution >= 0.6 is 11.6 Å². The van der Waals surface area contributed by atoms with Gasteiger partial charge in [0.15, 0.2) is 5.65 Å². The Kier molecular flexibility index (Phi) is 6.41. The highest BCUT2D eigenvalue weighted by molar-refractivity contribution is 6.32. The van der Waals surface area contributed by atoms with Crippen LogP contribution < -0.4 is 21.1 Å². The number of hydrogen-bond acceptors (Lipinski definition) is 5. The van der Waals surface area contributed by atoms with Crippen LogP contribution in [-0.2, 0) is 17.9 Å². The molecule has 0 fully saturated rings. The number of aromatic nitrogens is 3. The number of anilines is 1. The molecule has 0 saturated heterocycles. The zero-order valence-electron chi connectivity index (χ0n) is 17.6. The Labute approximate surface area is 193 Å². The summed E-state index contributed by atoms with van der Waals surface area (Å²) in [6, 6.07) is 17.4. The first-order valence-corrected chi connectivity index (χ1v) is 10.4. The van der Waals surface area contributed by atoms with Crippen LogP contribution in [0.15, 0.2) is 71.7 Å². The van der Waals surface area contributed by atoms with Crippen molar-refractivity contribution in [3.8, 4) is 5.75 Å². The SMILES string of the molecule is COc1ccc(NC(=O)Cn2nc3ccc(C(=O)NCc4ccccc4)cn3c2=O)cc1Cl. The van der Waals surface area contributed by atoms with Crippen molar-refractivity contribution in [2.24, 2.45) is 0 Å². The molecule has 2 aromatic carbocycles. The number of benzene rings is 2. The number of fused-ring (bicyclic) bond motifs is 1. The molecule has 0 aliphatic carbocycles. The lowest BCUT2D eigenvalue weighted by atomic mass is 10.2. The van der Waals surface area contributed by atoms with E-state index in [1.165, 1.54) is 17.7 Å². The van der Waals surface area contributed by atoms with Crippen molar-refractivity contribution in [2.45, 2.75) is 13.1 Å². The summed E-state index contributed by atoms with van der Waals surface area (Å²) >= 11 is 6.07. The van der Waals surface area contributed by atoms with Gasteiger partial charge in [-0.05, 0) is 35.9 Å². The molecule has 4 rings (SSSR count). The van der Waals surface area contributed by atoms with Crippen molar-refractivity contribution >= 4 is 34.7 Å². The molecule has 2 aromatic heterocycles. The molecule has 168 valence electrons. The average molecular weight is 466 g/mol. The largest absolute Gasteiger partial charge is 0.495 e. The van der Waals surface area contributed by atoms with Gasteiger partial charge in [-0.15, -0.1) is 5.10 Å². The van der Waals surface area contributed by atoms with Crippen LogP contribution in [0, 0.1) is 0 Å². The summed E-state index contributed by atoms with van der Waals surface area (Å²) in [4.78, 5) is 37.6. The van der Waals surface area contributed by atoms with Gasteiger partial charge in [0.05, 0.1) is 17.7 Å². The first-order valence-electron chi connectivity index (χ1n) is 9.99. The second-order valence-electron chi connectivity index (χ2n) is 7.15. The highest BCUT2D eigenvalue weighted by Gasteiger charge is 2.14. The molecule has 0 atom stereocenters. The van der Waals surface area contributed by atoms with Crippen LogP contribution in [-0.4, -0.2) is 33.1 Å².